The molecule has 0 spiro atoms. The number of hydrazone groups is 1. The number of amides is 2. The predicted molar refractivity (Wildman–Crippen MR) is 101 cm³/mol. The van der Waals surface area contributed by atoms with Crippen LogP contribution in [-0.2, 0) is 16.4 Å². The summed E-state index contributed by atoms with van der Waals surface area (Å²) >= 11 is 0. The molecule has 1 aliphatic heterocycles. The highest BCUT2D eigenvalue weighted by Gasteiger charge is 2.30. The number of primary amides is 1. The van der Waals surface area contributed by atoms with Gasteiger partial charge in [-0.3, -0.25) is 4.31 Å². The normalized spacial score (nSPS) is 16.0. The quantitative estimate of drug-likeness (QED) is 0.807. The molecule has 0 atom stereocenters. The van der Waals surface area contributed by atoms with Crippen LogP contribution >= 0.6 is 0 Å². The van der Waals surface area contributed by atoms with E-state index in [2.05, 4.69) is 10.5 Å². The molecule has 0 aliphatic carbocycles. The van der Waals surface area contributed by atoms with Crippen LogP contribution in [0.3, 0.4) is 0 Å². The lowest BCUT2D eigenvalue weighted by Crippen LogP contribution is -2.36. The highest BCUT2D eigenvalue weighted by Crippen LogP contribution is 2.30. The van der Waals surface area contributed by atoms with Crippen LogP contribution in [0.15, 0.2) is 58.5 Å². The van der Waals surface area contributed by atoms with E-state index in [4.69, 9.17) is 5.73 Å². The lowest BCUT2D eigenvalue weighted by Gasteiger charge is -2.24. The maximum Gasteiger partial charge on any atom is 0.332 e. The maximum absolute atomic E-state index is 13.3. The van der Waals surface area contributed by atoms with Crippen LogP contribution in [0.5, 0.6) is 0 Å². The Labute approximate surface area is 152 Å². The van der Waals surface area contributed by atoms with Crippen molar-refractivity contribution in [3.05, 3.63) is 59.7 Å². The molecule has 1 aliphatic rings. The summed E-state index contributed by atoms with van der Waals surface area (Å²) in [7, 11) is -3.78. The van der Waals surface area contributed by atoms with E-state index in [9.17, 15) is 13.2 Å². The zero-order valence-electron chi connectivity index (χ0n) is 14.3. The van der Waals surface area contributed by atoms with Crippen molar-refractivity contribution >= 4 is 27.5 Å². The minimum Gasteiger partial charge on any atom is -0.350 e. The van der Waals surface area contributed by atoms with E-state index in [-0.39, 0.29) is 11.4 Å². The maximum atomic E-state index is 13.3. The van der Waals surface area contributed by atoms with Gasteiger partial charge in [-0.05, 0) is 43.5 Å². The number of nitrogens with one attached hydrogen (secondary N) is 1. The molecular weight excluding hydrogens is 352 g/mol. The van der Waals surface area contributed by atoms with Gasteiger partial charge in [-0.1, -0.05) is 35.9 Å². The number of carbonyl (C=O) groups is 1. The van der Waals surface area contributed by atoms with Gasteiger partial charge in [0.25, 0.3) is 10.0 Å². The number of urea groups is 1. The summed E-state index contributed by atoms with van der Waals surface area (Å²) < 4.78 is 27.8. The molecule has 2 aromatic rings. The summed E-state index contributed by atoms with van der Waals surface area (Å²) in [6, 6.07) is 13.3. The van der Waals surface area contributed by atoms with Gasteiger partial charge in [-0.15, -0.1) is 0 Å². The van der Waals surface area contributed by atoms with Gasteiger partial charge >= 0.3 is 6.03 Å². The van der Waals surface area contributed by atoms with Gasteiger partial charge in [0.05, 0.1) is 22.8 Å². The van der Waals surface area contributed by atoms with Crippen LogP contribution in [0.25, 0.3) is 0 Å². The minimum absolute atomic E-state index is 0.0491. The summed E-state index contributed by atoms with van der Waals surface area (Å²) in [6.07, 6.45) is 1.15. The van der Waals surface area contributed by atoms with Gasteiger partial charge in [0.15, 0.2) is 0 Å². The predicted octanol–water partition coefficient (Wildman–Crippen LogP) is 2.16. The van der Waals surface area contributed by atoms with Crippen LogP contribution in [0.1, 0.15) is 17.5 Å². The van der Waals surface area contributed by atoms with Crippen molar-refractivity contribution < 1.29 is 13.2 Å². The Balaban J connectivity index is 2.06. The third kappa shape index (κ3) is 3.70. The molecule has 0 aromatic heterocycles. The number of para-hydroxylation sites is 1. The third-order valence-electron chi connectivity index (χ3n) is 4.20. The lowest BCUT2D eigenvalue weighted by molar-refractivity contribution is 0.249. The van der Waals surface area contributed by atoms with E-state index in [0.29, 0.717) is 24.2 Å². The Morgan fingerprint density at radius 1 is 1.12 bits per heavy atom. The Bertz CT molecular complexity index is 953. The highest BCUT2D eigenvalue weighted by molar-refractivity contribution is 7.92. The first kappa shape index (κ1) is 17.9. The third-order valence-corrected chi connectivity index (χ3v) is 5.98. The number of nitrogens with zero attached hydrogens (tertiary/aromatic N) is 2. The Morgan fingerprint density at radius 3 is 2.50 bits per heavy atom. The Hall–Kier alpha value is -2.87. The molecule has 3 rings (SSSR count). The van der Waals surface area contributed by atoms with Gasteiger partial charge < -0.3 is 5.73 Å². The zero-order chi connectivity index (χ0) is 18.7. The van der Waals surface area contributed by atoms with Gasteiger partial charge in [-0.2, -0.15) is 5.10 Å². The molecule has 0 radical (unpaired) electrons. The first-order valence-corrected chi connectivity index (χ1v) is 9.60. The van der Waals surface area contributed by atoms with Gasteiger partial charge in [0, 0.05) is 0 Å². The van der Waals surface area contributed by atoms with Crippen molar-refractivity contribution in [1.29, 1.82) is 0 Å². The van der Waals surface area contributed by atoms with Crippen LogP contribution in [0, 0.1) is 6.92 Å². The van der Waals surface area contributed by atoms with Crippen molar-refractivity contribution in [2.24, 2.45) is 10.8 Å². The molecule has 2 amide bonds. The van der Waals surface area contributed by atoms with E-state index in [0.717, 1.165) is 11.1 Å². The highest BCUT2D eigenvalue weighted by atomic mass is 32.2. The number of nitrogens with two attached hydrogens (primary N) is 1. The number of rotatable bonds is 3. The molecule has 2 aromatic carbocycles. The van der Waals surface area contributed by atoms with Crippen molar-refractivity contribution in [2.45, 2.75) is 24.7 Å². The minimum atomic E-state index is -3.78. The fourth-order valence-electron chi connectivity index (χ4n) is 2.85. The second-order valence-electron chi connectivity index (χ2n) is 6.11. The number of benzene rings is 2. The Morgan fingerprint density at radius 2 is 1.81 bits per heavy atom. The van der Waals surface area contributed by atoms with Crippen molar-refractivity contribution in [1.82, 2.24) is 5.43 Å². The summed E-state index contributed by atoms with van der Waals surface area (Å²) in [6.45, 7) is 1.95. The summed E-state index contributed by atoms with van der Waals surface area (Å²) in [5.74, 6) is 0. The number of sulfonamides is 1. The van der Waals surface area contributed by atoms with E-state index >= 15 is 0 Å². The van der Waals surface area contributed by atoms with Crippen molar-refractivity contribution in [2.75, 3.05) is 10.8 Å². The molecule has 0 saturated heterocycles. The van der Waals surface area contributed by atoms with Gasteiger partial charge in [-0.25, -0.2) is 18.6 Å². The van der Waals surface area contributed by atoms with E-state index < -0.39 is 16.1 Å². The SMILES string of the molecule is Cc1ccc(S(=O)(=O)N2CC(=NNC(N)=O)CCc3ccccc32)cc1. The molecule has 7 nitrogen and oxygen atoms in total. The Kier molecular flexibility index (Phi) is 4.94. The van der Waals surface area contributed by atoms with Crippen LogP contribution in [-0.4, -0.2) is 26.7 Å². The number of fused-ring (bicyclic) bond motifs is 1. The molecule has 3 N–H and O–H groups in total. The second-order valence-corrected chi connectivity index (χ2v) is 7.97. The average molecular weight is 372 g/mol. The standard InChI is InChI=1S/C18H20N4O3S/c1-13-6-10-16(11-7-13)26(24,25)22-12-15(20-21-18(19)23)9-8-14-4-2-3-5-17(14)22/h2-7,10-11H,8-9,12H2,1H3,(H3,19,21,23). The number of aryl methyl sites for hydroxylation is 2. The molecule has 0 saturated carbocycles. The number of hydrogen-bond acceptors (Lipinski definition) is 4. The van der Waals surface area contributed by atoms with Crippen molar-refractivity contribution in [3.63, 3.8) is 0 Å². The fourth-order valence-corrected chi connectivity index (χ4v) is 4.34. The number of anilines is 1. The smallest absolute Gasteiger partial charge is 0.332 e. The van der Waals surface area contributed by atoms with Crippen LogP contribution < -0.4 is 15.5 Å². The topological polar surface area (TPSA) is 105 Å². The molecule has 0 unspecified atom stereocenters. The first-order valence-electron chi connectivity index (χ1n) is 8.16. The second kappa shape index (κ2) is 7.17. The monoisotopic (exact) mass is 372 g/mol. The van der Waals surface area contributed by atoms with E-state index in [1.807, 2.05) is 19.1 Å². The fraction of sp³-hybridized carbons (Fsp3) is 0.222. The van der Waals surface area contributed by atoms with Gasteiger partial charge in [0.1, 0.15) is 0 Å². The van der Waals surface area contributed by atoms with Crippen LogP contribution in [0.4, 0.5) is 10.5 Å². The number of hydrogen-bond donors (Lipinski definition) is 2. The molecule has 1 heterocycles. The van der Waals surface area contributed by atoms with Crippen LogP contribution in [0.2, 0.25) is 0 Å². The summed E-state index contributed by atoms with van der Waals surface area (Å²) in [4.78, 5) is 11.2. The molecular formula is C18H20N4O3S. The first-order chi connectivity index (χ1) is 12.4. The molecule has 26 heavy (non-hydrogen) atoms. The molecule has 8 heteroatoms. The average Bonchev–Trinajstić information content (AvgIpc) is 2.80. The largest absolute Gasteiger partial charge is 0.350 e. The summed E-state index contributed by atoms with van der Waals surface area (Å²) in [5.41, 5.74) is 10.3. The van der Waals surface area contributed by atoms with Crippen molar-refractivity contribution in [3.8, 4) is 0 Å². The molecule has 0 bridgehead atoms. The summed E-state index contributed by atoms with van der Waals surface area (Å²) in [5, 5.41) is 3.98. The lowest BCUT2D eigenvalue weighted by atomic mass is 10.1. The zero-order valence-corrected chi connectivity index (χ0v) is 15.2. The molecule has 0 fully saturated rings. The number of carbonyl (C=O) groups excluding carboxylic acids is 1. The molecule has 136 valence electrons. The van der Waals surface area contributed by atoms with Gasteiger partial charge in [0.2, 0.25) is 0 Å². The van der Waals surface area contributed by atoms with E-state index in [1.54, 1.807) is 36.4 Å². The van der Waals surface area contributed by atoms with E-state index in [1.165, 1.54) is 4.31 Å².